The third-order valence-electron chi connectivity index (χ3n) is 2.77. The number of fused-ring (bicyclic) bond motifs is 1. The number of carboxylic acid groups (broad SMARTS) is 1. The first-order valence-electron chi connectivity index (χ1n) is 5.58. The molecule has 96 valence electrons. The molecule has 0 aliphatic heterocycles. The van der Waals surface area contributed by atoms with Gasteiger partial charge in [-0.05, 0) is 19.9 Å². The van der Waals surface area contributed by atoms with Gasteiger partial charge in [0.15, 0.2) is 5.65 Å². The highest BCUT2D eigenvalue weighted by Gasteiger charge is 2.16. The number of hydrogen-bond donors (Lipinski definition) is 1. The minimum atomic E-state index is -1.06. The molecule has 0 radical (unpaired) electrons. The number of carbonyl (C=O) groups is 1. The fourth-order valence-electron chi connectivity index (χ4n) is 1.88. The molecular formula is C12H10N4O3. The minimum Gasteiger partial charge on any atom is -0.477 e. The summed E-state index contributed by atoms with van der Waals surface area (Å²) in [5.74, 6) is -0.392. The Bertz CT molecular complexity index is 787. The van der Waals surface area contributed by atoms with Gasteiger partial charge in [-0.1, -0.05) is 5.16 Å². The predicted molar refractivity (Wildman–Crippen MR) is 64.9 cm³/mol. The Labute approximate surface area is 107 Å². The van der Waals surface area contributed by atoms with Crippen LogP contribution in [0.3, 0.4) is 0 Å². The zero-order valence-corrected chi connectivity index (χ0v) is 10.3. The summed E-state index contributed by atoms with van der Waals surface area (Å²) in [7, 11) is 0. The van der Waals surface area contributed by atoms with Crippen LogP contribution >= 0.6 is 0 Å². The normalized spacial score (nSPS) is 11.1. The SMILES string of the molecule is Cc1cc(-c2cc(C)n3ncc(C(=O)O)c3n2)no1. The van der Waals surface area contributed by atoms with Gasteiger partial charge >= 0.3 is 5.97 Å². The van der Waals surface area contributed by atoms with Gasteiger partial charge in [-0.3, -0.25) is 0 Å². The van der Waals surface area contributed by atoms with Crippen molar-refractivity contribution in [3.63, 3.8) is 0 Å². The van der Waals surface area contributed by atoms with E-state index in [0.29, 0.717) is 22.8 Å². The molecule has 0 aliphatic rings. The van der Waals surface area contributed by atoms with Crippen LogP contribution < -0.4 is 0 Å². The highest BCUT2D eigenvalue weighted by atomic mass is 16.5. The van der Waals surface area contributed by atoms with Crippen molar-refractivity contribution in [2.45, 2.75) is 13.8 Å². The van der Waals surface area contributed by atoms with Gasteiger partial charge in [-0.2, -0.15) is 5.10 Å². The van der Waals surface area contributed by atoms with E-state index in [2.05, 4.69) is 15.2 Å². The van der Waals surface area contributed by atoms with Crippen molar-refractivity contribution in [3.8, 4) is 11.4 Å². The van der Waals surface area contributed by atoms with Crippen molar-refractivity contribution >= 4 is 11.6 Å². The van der Waals surface area contributed by atoms with Gasteiger partial charge in [0.05, 0.1) is 11.9 Å². The van der Waals surface area contributed by atoms with Gasteiger partial charge < -0.3 is 9.63 Å². The standard InChI is InChI=1S/C12H10N4O3/c1-6-3-9(10-4-7(2)19-15-10)14-11-8(12(17)18)5-13-16(6)11/h3-5H,1-2H3,(H,17,18). The van der Waals surface area contributed by atoms with E-state index in [1.165, 1.54) is 10.7 Å². The third kappa shape index (κ3) is 1.75. The fourth-order valence-corrected chi connectivity index (χ4v) is 1.88. The minimum absolute atomic E-state index is 0.0603. The smallest absolute Gasteiger partial charge is 0.341 e. The Morgan fingerprint density at radius 3 is 2.74 bits per heavy atom. The molecule has 7 heteroatoms. The molecule has 0 amide bonds. The number of aryl methyl sites for hydroxylation is 2. The second-order valence-electron chi connectivity index (χ2n) is 4.20. The average molecular weight is 258 g/mol. The lowest BCUT2D eigenvalue weighted by Gasteiger charge is -2.02. The summed E-state index contributed by atoms with van der Waals surface area (Å²) in [6.45, 7) is 3.60. The number of aromatic nitrogens is 4. The summed E-state index contributed by atoms with van der Waals surface area (Å²) in [5, 5.41) is 17.0. The number of carboxylic acids is 1. The van der Waals surface area contributed by atoms with E-state index in [1.54, 1.807) is 19.1 Å². The fraction of sp³-hybridized carbons (Fsp3) is 0.167. The largest absolute Gasteiger partial charge is 0.477 e. The topological polar surface area (TPSA) is 93.5 Å². The molecule has 3 rings (SSSR count). The van der Waals surface area contributed by atoms with Gasteiger partial charge in [0.2, 0.25) is 0 Å². The zero-order valence-electron chi connectivity index (χ0n) is 10.3. The highest BCUT2D eigenvalue weighted by molar-refractivity contribution is 5.94. The molecule has 0 saturated heterocycles. The maximum absolute atomic E-state index is 11.1. The lowest BCUT2D eigenvalue weighted by atomic mass is 10.2. The maximum atomic E-state index is 11.1. The molecule has 0 aliphatic carbocycles. The van der Waals surface area contributed by atoms with Crippen LogP contribution in [0.25, 0.3) is 17.0 Å². The Morgan fingerprint density at radius 1 is 1.32 bits per heavy atom. The summed E-state index contributed by atoms with van der Waals surface area (Å²) in [4.78, 5) is 15.4. The van der Waals surface area contributed by atoms with Crippen LogP contribution in [0.4, 0.5) is 0 Å². The van der Waals surface area contributed by atoms with Crippen molar-refractivity contribution in [2.75, 3.05) is 0 Å². The summed E-state index contributed by atoms with van der Waals surface area (Å²) in [5.41, 5.74) is 2.26. The molecule has 0 bridgehead atoms. The highest BCUT2D eigenvalue weighted by Crippen LogP contribution is 2.20. The lowest BCUT2D eigenvalue weighted by Crippen LogP contribution is -2.01. The molecule has 3 aromatic rings. The van der Waals surface area contributed by atoms with E-state index in [0.717, 1.165) is 5.69 Å². The van der Waals surface area contributed by atoms with Gasteiger partial charge in [-0.15, -0.1) is 0 Å². The Kier molecular flexibility index (Phi) is 2.34. The van der Waals surface area contributed by atoms with E-state index in [-0.39, 0.29) is 5.56 Å². The molecule has 3 heterocycles. The van der Waals surface area contributed by atoms with Crippen molar-refractivity contribution < 1.29 is 14.4 Å². The number of hydrogen-bond acceptors (Lipinski definition) is 5. The summed E-state index contributed by atoms with van der Waals surface area (Å²) in [6, 6.07) is 3.53. The van der Waals surface area contributed by atoms with Crippen molar-refractivity contribution in [1.29, 1.82) is 0 Å². The van der Waals surface area contributed by atoms with Gasteiger partial charge in [-0.25, -0.2) is 14.3 Å². The molecule has 0 aromatic carbocycles. The van der Waals surface area contributed by atoms with E-state index in [9.17, 15) is 4.79 Å². The van der Waals surface area contributed by atoms with E-state index >= 15 is 0 Å². The van der Waals surface area contributed by atoms with Gasteiger partial charge in [0.25, 0.3) is 0 Å². The van der Waals surface area contributed by atoms with Gasteiger partial charge in [0.1, 0.15) is 17.0 Å². The lowest BCUT2D eigenvalue weighted by molar-refractivity contribution is 0.0699. The summed E-state index contributed by atoms with van der Waals surface area (Å²) >= 11 is 0. The molecule has 1 N–H and O–H groups in total. The Hall–Kier alpha value is -2.70. The second kappa shape index (κ2) is 3.91. The van der Waals surface area contributed by atoms with Crippen LogP contribution in [0, 0.1) is 13.8 Å². The van der Waals surface area contributed by atoms with Crippen LogP contribution in [0.1, 0.15) is 21.8 Å². The monoisotopic (exact) mass is 258 g/mol. The Morgan fingerprint density at radius 2 is 2.11 bits per heavy atom. The number of nitrogens with zero attached hydrogens (tertiary/aromatic N) is 4. The molecule has 0 atom stereocenters. The second-order valence-corrected chi connectivity index (χ2v) is 4.20. The summed E-state index contributed by atoms with van der Waals surface area (Å²) < 4.78 is 6.49. The molecule has 0 spiro atoms. The number of aromatic carboxylic acids is 1. The first-order valence-corrected chi connectivity index (χ1v) is 5.58. The molecule has 3 aromatic heterocycles. The Balaban J connectivity index is 2.27. The van der Waals surface area contributed by atoms with Crippen LogP contribution in [0.5, 0.6) is 0 Å². The molecular weight excluding hydrogens is 248 g/mol. The van der Waals surface area contributed by atoms with Crippen LogP contribution in [-0.4, -0.2) is 30.8 Å². The molecule has 19 heavy (non-hydrogen) atoms. The van der Waals surface area contributed by atoms with Crippen LogP contribution in [0.15, 0.2) is 22.9 Å². The number of rotatable bonds is 2. The van der Waals surface area contributed by atoms with Crippen molar-refractivity contribution in [2.24, 2.45) is 0 Å². The predicted octanol–water partition coefficient (Wildman–Crippen LogP) is 1.70. The quantitative estimate of drug-likeness (QED) is 0.751. The average Bonchev–Trinajstić information content (AvgIpc) is 2.94. The summed E-state index contributed by atoms with van der Waals surface area (Å²) in [6.07, 6.45) is 1.29. The first-order chi connectivity index (χ1) is 9.06. The molecule has 0 fully saturated rings. The van der Waals surface area contributed by atoms with E-state index in [4.69, 9.17) is 9.63 Å². The van der Waals surface area contributed by atoms with E-state index < -0.39 is 5.97 Å². The van der Waals surface area contributed by atoms with E-state index in [1.807, 2.05) is 6.92 Å². The first kappa shape index (κ1) is 11.4. The van der Waals surface area contributed by atoms with Crippen LogP contribution in [-0.2, 0) is 0 Å². The van der Waals surface area contributed by atoms with Crippen molar-refractivity contribution in [3.05, 3.63) is 35.3 Å². The third-order valence-corrected chi connectivity index (χ3v) is 2.77. The molecule has 7 nitrogen and oxygen atoms in total. The van der Waals surface area contributed by atoms with Crippen LogP contribution in [0.2, 0.25) is 0 Å². The maximum Gasteiger partial charge on any atom is 0.341 e. The molecule has 0 unspecified atom stereocenters. The zero-order chi connectivity index (χ0) is 13.6. The van der Waals surface area contributed by atoms with Crippen molar-refractivity contribution in [1.82, 2.24) is 19.8 Å². The van der Waals surface area contributed by atoms with Gasteiger partial charge in [0, 0.05) is 11.8 Å². The molecule has 0 saturated carbocycles.